The zero-order valence-corrected chi connectivity index (χ0v) is 31.4. The van der Waals surface area contributed by atoms with Gasteiger partial charge in [-0.1, -0.05) is 27.7 Å². The molecule has 2 aromatic heterocycles. The summed E-state index contributed by atoms with van der Waals surface area (Å²) in [5.41, 5.74) is -0.694. The Balaban J connectivity index is 0.000000506. The van der Waals surface area contributed by atoms with Crippen LogP contribution in [0.4, 0.5) is 30.8 Å². The van der Waals surface area contributed by atoms with E-state index < -0.39 is 41.2 Å². The van der Waals surface area contributed by atoms with Gasteiger partial charge in [-0.05, 0) is 111 Å². The molecule has 1 unspecified atom stereocenters. The van der Waals surface area contributed by atoms with Crippen LogP contribution in [0.15, 0.2) is 24.3 Å². The van der Waals surface area contributed by atoms with Crippen LogP contribution in [0, 0.1) is 22.7 Å². The number of pyridine rings is 2. The molecule has 2 aromatic rings. The average Bonchev–Trinajstić information content (AvgIpc) is 2.97. The number of anilines is 2. The van der Waals surface area contributed by atoms with Crippen molar-refractivity contribution >= 4 is 36.0 Å². The Bertz CT molecular complexity index is 1600. The van der Waals surface area contributed by atoms with Gasteiger partial charge in [-0.2, -0.15) is 20.3 Å². The molecule has 0 radical (unpaired) electrons. The molecule has 0 saturated heterocycles. The third-order valence-corrected chi connectivity index (χ3v) is 6.60. The summed E-state index contributed by atoms with van der Waals surface area (Å²) in [6, 6.07) is 9.90. The van der Waals surface area contributed by atoms with E-state index in [0.717, 1.165) is 17.7 Å². The molecule has 0 bridgehead atoms. The maximum absolute atomic E-state index is 12.7. The summed E-state index contributed by atoms with van der Waals surface area (Å²) in [6.07, 6.45) is -2.81. The maximum Gasteiger partial charge on any atom is 0.425 e. The van der Waals surface area contributed by atoms with Crippen molar-refractivity contribution in [3.8, 4) is 12.1 Å². The maximum atomic E-state index is 12.7. The fourth-order valence-electron chi connectivity index (χ4n) is 3.96. The van der Waals surface area contributed by atoms with Crippen LogP contribution in [0.3, 0.4) is 0 Å². The molecular formula is C36H50N6O8. The summed E-state index contributed by atoms with van der Waals surface area (Å²) < 4.78 is 15.8. The lowest BCUT2D eigenvalue weighted by Gasteiger charge is -2.28. The summed E-state index contributed by atoms with van der Waals surface area (Å²) in [7, 11) is 0. The minimum atomic E-state index is -1.49. The molecule has 0 saturated carbocycles. The van der Waals surface area contributed by atoms with Crippen LogP contribution in [0.5, 0.6) is 0 Å². The van der Waals surface area contributed by atoms with Crippen LogP contribution in [-0.4, -0.2) is 56.3 Å². The van der Waals surface area contributed by atoms with Gasteiger partial charge in [0.2, 0.25) is 0 Å². The highest BCUT2D eigenvalue weighted by atomic mass is 16.6. The molecule has 14 heteroatoms. The number of hydrogen-bond donors (Lipinski definition) is 1. The van der Waals surface area contributed by atoms with Crippen molar-refractivity contribution < 1.29 is 38.5 Å². The molecule has 14 nitrogen and oxygen atoms in total. The van der Waals surface area contributed by atoms with E-state index in [-0.39, 0.29) is 23.5 Å². The van der Waals surface area contributed by atoms with Crippen LogP contribution >= 0.6 is 0 Å². The van der Waals surface area contributed by atoms with Gasteiger partial charge in [-0.3, -0.25) is 0 Å². The van der Waals surface area contributed by atoms with Gasteiger partial charge < -0.3 is 19.3 Å². The second-order valence-corrected chi connectivity index (χ2v) is 14.4. The van der Waals surface area contributed by atoms with Crippen molar-refractivity contribution in [2.24, 2.45) is 0 Å². The van der Waals surface area contributed by atoms with Crippen LogP contribution < -0.4 is 9.80 Å². The van der Waals surface area contributed by atoms with Crippen molar-refractivity contribution in [3.05, 3.63) is 46.8 Å². The molecule has 0 aliphatic heterocycles. The first-order chi connectivity index (χ1) is 22.9. The predicted molar refractivity (Wildman–Crippen MR) is 187 cm³/mol. The van der Waals surface area contributed by atoms with Crippen molar-refractivity contribution in [2.45, 2.75) is 131 Å². The average molecular weight is 695 g/mol. The molecule has 0 aliphatic carbocycles. The van der Waals surface area contributed by atoms with Gasteiger partial charge in [-0.25, -0.2) is 29.1 Å². The van der Waals surface area contributed by atoms with E-state index in [1.54, 1.807) is 68.4 Å². The van der Waals surface area contributed by atoms with Crippen LogP contribution in [0.2, 0.25) is 0 Å². The number of ether oxygens (including phenoxy) is 3. The molecule has 2 atom stereocenters. The molecule has 0 aliphatic rings. The molecular weight excluding hydrogens is 644 g/mol. The predicted octanol–water partition coefficient (Wildman–Crippen LogP) is 9.03. The molecule has 2 rings (SSSR count). The number of hydrogen-bond acceptors (Lipinski definition) is 11. The molecule has 272 valence electrons. The fourth-order valence-corrected chi connectivity index (χ4v) is 3.96. The Morgan fingerprint density at radius 3 is 1.22 bits per heavy atom. The smallest absolute Gasteiger partial charge is 0.425 e. The topological polar surface area (TPSA) is 196 Å². The number of aromatic nitrogens is 2. The molecule has 0 fully saturated rings. The fraction of sp³-hybridized carbons (Fsp3) is 0.556. The van der Waals surface area contributed by atoms with Crippen molar-refractivity contribution in [2.75, 3.05) is 9.80 Å². The van der Waals surface area contributed by atoms with Gasteiger partial charge in [-0.15, -0.1) is 0 Å². The van der Waals surface area contributed by atoms with Crippen molar-refractivity contribution in [1.29, 1.82) is 10.5 Å². The van der Waals surface area contributed by atoms with E-state index in [4.69, 9.17) is 19.5 Å². The van der Waals surface area contributed by atoms with E-state index in [1.165, 1.54) is 18.2 Å². The molecule has 1 N–H and O–H groups in total. The van der Waals surface area contributed by atoms with Gasteiger partial charge in [0, 0.05) is 0 Å². The second kappa shape index (κ2) is 17.4. The van der Waals surface area contributed by atoms with Gasteiger partial charge >= 0.3 is 24.4 Å². The quantitative estimate of drug-likeness (QED) is 0.282. The first-order valence-corrected chi connectivity index (χ1v) is 16.2. The number of imide groups is 2. The molecule has 50 heavy (non-hydrogen) atoms. The Morgan fingerprint density at radius 2 is 0.960 bits per heavy atom. The number of nitrogens with zero attached hydrogens (tertiary/aromatic N) is 6. The Labute approximate surface area is 295 Å². The van der Waals surface area contributed by atoms with E-state index in [2.05, 4.69) is 16.0 Å². The number of carbonyl (C=O) groups excluding carboxylic acids is 3. The number of carboxylic acid groups (broad SMARTS) is 1. The lowest BCUT2D eigenvalue weighted by Crippen LogP contribution is -2.44. The van der Waals surface area contributed by atoms with Gasteiger partial charge in [0.25, 0.3) is 0 Å². The molecule has 0 aromatic carbocycles. The largest absolute Gasteiger partial charge is 0.464 e. The highest BCUT2D eigenvalue weighted by Gasteiger charge is 2.34. The van der Waals surface area contributed by atoms with Crippen molar-refractivity contribution in [1.82, 2.24) is 9.97 Å². The molecule has 4 amide bonds. The Kier molecular flexibility index (Phi) is 14.9. The molecule has 2 heterocycles. The van der Waals surface area contributed by atoms with E-state index >= 15 is 0 Å². The van der Waals surface area contributed by atoms with Gasteiger partial charge in [0.1, 0.15) is 40.6 Å². The van der Waals surface area contributed by atoms with Crippen LogP contribution in [0.25, 0.3) is 0 Å². The first kappa shape index (κ1) is 42.8. The lowest BCUT2D eigenvalue weighted by molar-refractivity contribution is 0.0426. The summed E-state index contributed by atoms with van der Waals surface area (Å²) in [4.78, 5) is 58.8. The van der Waals surface area contributed by atoms with Crippen LogP contribution in [-0.2, 0) is 14.2 Å². The zero-order chi connectivity index (χ0) is 38.8. The monoisotopic (exact) mass is 694 g/mol. The Hall–Kier alpha value is -5.24. The zero-order valence-electron chi connectivity index (χ0n) is 31.4. The van der Waals surface area contributed by atoms with E-state index in [1.807, 2.05) is 33.8 Å². The Morgan fingerprint density at radius 1 is 0.660 bits per heavy atom. The number of rotatable bonds is 6. The normalized spacial score (nSPS) is 12.5. The second-order valence-electron chi connectivity index (χ2n) is 14.4. The third-order valence-electron chi connectivity index (χ3n) is 6.60. The number of amides is 4. The summed E-state index contributed by atoms with van der Waals surface area (Å²) in [5.74, 6) is -0.0774. The van der Waals surface area contributed by atoms with Gasteiger partial charge in [0.05, 0.1) is 22.5 Å². The van der Waals surface area contributed by atoms with Crippen LogP contribution in [0.1, 0.15) is 137 Å². The first-order valence-electron chi connectivity index (χ1n) is 16.2. The minimum Gasteiger partial charge on any atom is -0.464 e. The van der Waals surface area contributed by atoms with E-state index in [0.29, 0.717) is 27.4 Å². The van der Waals surface area contributed by atoms with E-state index in [9.17, 15) is 29.5 Å². The third kappa shape index (κ3) is 13.0. The highest BCUT2D eigenvalue weighted by molar-refractivity contribution is 6.09. The lowest BCUT2D eigenvalue weighted by atomic mass is 10.00. The standard InChI is InChI=1S/C20H29N3O4.C16H21N3O4/c1-9-13(2)16-14(12-21)10-11-15(22-16)23(17(24)26-19(3,4)5)18(25)27-20(6,7)8;1-6-10(2)13-11(9-17)7-8-12(18-13)19(14(20)21)15(22)23-16(3,4)5/h10-11,13H,9H2,1-8H3;7-8,10H,6H2,1-5H3,(H,20,21)/t;10-/m.1/s1. The minimum absolute atomic E-state index is 0.0151. The molecule has 0 spiro atoms. The summed E-state index contributed by atoms with van der Waals surface area (Å²) in [5, 5.41) is 27.8. The number of nitriles is 2. The van der Waals surface area contributed by atoms with Crippen molar-refractivity contribution in [3.63, 3.8) is 0 Å². The number of carbonyl (C=O) groups is 4. The summed E-state index contributed by atoms with van der Waals surface area (Å²) >= 11 is 0. The summed E-state index contributed by atoms with van der Waals surface area (Å²) in [6.45, 7) is 22.9. The van der Waals surface area contributed by atoms with Gasteiger partial charge in [0.15, 0.2) is 0 Å². The SMILES string of the molecule is CCC(C)c1nc(N(C(=O)OC(C)(C)C)C(=O)OC(C)(C)C)ccc1C#N.CC[C@@H](C)c1nc(N(C(=O)O)C(=O)OC(C)(C)C)ccc1C#N. The highest BCUT2D eigenvalue weighted by Crippen LogP contribution is 2.27.